The van der Waals surface area contributed by atoms with Crippen molar-refractivity contribution >= 4 is 5.97 Å². The van der Waals surface area contributed by atoms with Crippen LogP contribution in [-0.2, 0) is 11.2 Å². The molecule has 0 spiro atoms. The van der Waals surface area contributed by atoms with Crippen LogP contribution in [0.15, 0.2) is 10.9 Å². The third kappa shape index (κ3) is 1.32. The van der Waals surface area contributed by atoms with Gasteiger partial charge in [-0.3, -0.25) is 4.79 Å². The van der Waals surface area contributed by atoms with Crippen LogP contribution in [0.25, 0.3) is 0 Å². The van der Waals surface area contributed by atoms with Crippen molar-refractivity contribution in [3.05, 3.63) is 12.2 Å². The first-order valence-electron chi connectivity index (χ1n) is 4.94. The summed E-state index contributed by atoms with van der Waals surface area (Å²) in [7, 11) is 0. The highest BCUT2D eigenvalue weighted by atomic mass is 16.5. The van der Waals surface area contributed by atoms with Crippen LogP contribution in [0.1, 0.15) is 18.7 Å². The lowest BCUT2D eigenvalue weighted by atomic mass is 9.96. The smallest absolute Gasteiger partial charge is 0.320 e. The summed E-state index contributed by atoms with van der Waals surface area (Å²) in [5.74, 6) is -0.169. The minimum absolute atomic E-state index is 0.0512. The zero-order chi connectivity index (χ0) is 10.5. The third-order valence-corrected chi connectivity index (χ3v) is 3.41. The molecule has 80 valence electrons. The maximum absolute atomic E-state index is 10.8. The van der Waals surface area contributed by atoms with Gasteiger partial charge in [0, 0.05) is 12.5 Å². The molecule has 3 rings (SSSR count). The first kappa shape index (κ1) is 8.84. The topological polar surface area (TPSA) is 88.2 Å². The van der Waals surface area contributed by atoms with Crippen LogP contribution >= 0.6 is 0 Å². The molecule has 6 heteroatoms. The van der Waals surface area contributed by atoms with Crippen molar-refractivity contribution in [1.82, 2.24) is 15.5 Å². The lowest BCUT2D eigenvalue weighted by Crippen LogP contribution is -2.33. The van der Waals surface area contributed by atoms with Gasteiger partial charge >= 0.3 is 5.97 Å². The number of carboxylic acids is 1. The van der Waals surface area contributed by atoms with Crippen molar-refractivity contribution < 1.29 is 14.4 Å². The predicted octanol–water partition coefficient (Wildman–Crippen LogP) is -0.183. The minimum atomic E-state index is -0.771. The molecule has 1 saturated heterocycles. The summed E-state index contributed by atoms with van der Waals surface area (Å²) in [6.07, 6.45) is 3.74. The molecule has 1 aliphatic carbocycles. The molecule has 0 amide bonds. The van der Waals surface area contributed by atoms with E-state index in [2.05, 4.69) is 15.5 Å². The zero-order valence-corrected chi connectivity index (χ0v) is 8.01. The summed E-state index contributed by atoms with van der Waals surface area (Å²) in [6.45, 7) is 0. The normalized spacial score (nSPS) is 37.6. The molecule has 0 bridgehead atoms. The Bertz CT molecular complexity index is 391. The minimum Gasteiger partial charge on any atom is -0.480 e. The van der Waals surface area contributed by atoms with Gasteiger partial charge in [0.1, 0.15) is 6.04 Å². The maximum atomic E-state index is 10.8. The van der Waals surface area contributed by atoms with E-state index in [1.54, 1.807) is 0 Å². The fourth-order valence-corrected chi connectivity index (χ4v) is 2.52. The monoisotopic (exact) mass is 209 g/mol. The van der Waals surface area contributed by atoms with E-state index in [0.29, 0.717) is 24.8 Å². The average molecular weight is 209 g/mol. The molecule has 1 aliphatic heterocycles. The number of nitrogens with one attached hydrogen (secondary N) is 1. The van der Waals surface area contributed by atoms with Crippen molar-refractivity contribution in [1.29, 1.82) is 0 Å². The number of hydrogen-bond donors (Lipinski definition) is 2. The highest BCUT2D eigenvalue weighted by Crippen LogP contribution is 2.56. The number of piperidine rings is 1. The largest absolute Gasteiger partial charge is 0.480 e. The fraction of sp³-hybridized carbons (Fsp3) is 0.667. The molecule has 0 aromatic carbocycles. The Balaban J connectivity index is 1.71. The van der Waals surface area contributed by atoms with E-state index >= 15 is 0 Å². The molecule has 15 heavy (non-hydrogen) atoms. The van der Waals surface area contributed by atoms with Gasteiger partial charge in [0.2, 0.25) is 5.89 Å². The molecule has 2 aliphatic rings. The average Bonchev–Trinajstić information content (AvgIpc) is 2.63. The lowest BCUT2D eigenvalue weighted by molar-refractivity contribution is -0.139. The van der Waals surface area contributed by atoms with Gasteiger partial charge in [-0.05, 0) is 18.3 Å². The van der Waals surface area contributed by atoms with Gasteiger partial charge in [-0.1, -0.05) is 5.16 Å². The quantitative estimate of drug-likeness (QED) is 0.717. The molecule has 2 heterocycles. The second kappa shape index (κ2) is 2.79. The number of aliphatic carboxylic acids is 1. The Morgan fingerprint density at radius 2 is 2.60 bits per heavy atom. The Hall–Kier alpha value is -1.43. The molecule has 0 unspecified atom stereocenters. The van der Waals surface area contributed by atoms with E-state index in [1.807, 2.05) is 0 Å². The van der Waals surface area contributed by atoms with Gasteiger partial charge in [-0.15, -0.1) is 0 Å². The molecule has 3 atom stereocenters. The summed E-state index contributed by atoms with van der Waals surface area (Å²) in [5.41, 5.74) is 0.0512. The Kier molecular flexibility index (Phi) is 1.64. The molecule has 1 aromatic heterocycles. The molecule has 2 N–H and O–H groups in total. The van der Waals surface area contributed by atoms with Crippen molar-refractivity contribution in [2.24, 2.45) is 5.41 Å². The molecule has 1 aromatic rings. The standard InChI is InChI=1S/C9H11N3O3/c13-8(14)5-1-9(2-6(9)12-5)3-7-10-4-11-15-7/h4-6,12H,1-3H2,(H,13,14)/t5-,6-,9+/m0/s1. The molecular weight excluding hydrogens is 198 g/mol. The van der Waals surface area contributed by atoms with Crippen LogP contribution in [0.5, 0.6) is 0 Å². The van der Waals surface area contributed by atoms with Crippen molar-refractivity contribution in [2.45, 2.75) is 31.3 Å². The van der Waals surface area contributed by atoms with E-state index in [4.69, 9.17) is 9.63 Å². The molecule has 2 fully saturated rings. The Labute approximate surface area is 85.7 Å². The van der Waals surface area contributed by atoms with Gasteiger partial charge in [-0.2, -0.15) is 4.98 Å². The summed E-state index contributed by atoms with van der Waals surface area (Å²) in [5, 5.41) is 15.5. The zero-order valence-electron chi connectivity index (χ0n) is 8.01. The summed E-state index contributed by atoms with van der Waals surface area (Å²) in [4.78, 5) is 14.8. The molecule has 0 radical (unpaired) electrons. The molecular formula is C9H11N3O3. The number of rotatable bonds is 3. The molecule has 6 nitrogen and oxygen atoms in total. The summed E-state index contributed by atoms with van der Waals surface area (Å²) < 4.78 is 4.95. The van der Waals surface area contributed by atoms with E-state index in [1.165, 1.54) is 6.33 Å². The SMILES string of the molecule is O=C(O)[C@@H]1C[C@]2(Cc3ncno3)C[C@@H]2N1. The maximum Gasteiger partial charge on any atom is 0.320 e. The second-order valence-electron chi connectivity index (χ2n) is 4.39. The van der Waals surface area contributed by atoms with Gasteiger partial charge < -0.3 is 14.9 Å². The number of fused-ring (bicyclic) bond motifs is 1. The van der Waals surface area contributed by atoms with Gasteiger partial charge in [0.25, 0.3) is 0 Å². The van der Waals surface area contributed by atoms with Crippen LogP contribution < -0.4 is 5.32 Å². The van der Waals surface area contributed by atoms with Crippen molar-refractivity contribution in [3.8, 4) is 0 Å². The number of aromatic nitrogens is 2. The Morgan fingerprint density at radius 3 is 3.20 bits per heavy atom. The summed E-state index contributed by atoms with van der Waals surface area (Å²) in [6, 6.07) is -0.0998. The lowest BCUT2D eigenvalue weighted by Gasteiger charge is -2.10. The number of nitrogens with zero attached hydrogens (tertiary/aromatic N) is 2. The molecule has 1 saturated carbocycles. The van der Waals surface area contributed by atoms with Crippen molar-refractivity contribution in [2.75, 3.05) is 0 Å². The second-order valence-corrected chi connectivity index (χ2v) is 4.39. The predicted molar refractivity (Wildman–Crippen MR) is 48.0 cm³/mol. The number of carbonyl (C=O) groups is 1. The number of carboxylic acid groups (broad SMARTS) is 1. The van der Waals surface area contributed by atoms with Crippen LogP contribution in [0.4, 0.5) is 0 Å². The number of hydrogen-bond acceptors (Lipinski definition) is 5. The van der Waals surface area contributed by atoms with Crippen LogP contribution in [0, 0.1) is 5.41 Å². The van der Waals surface area contributed by atoms with Gasteiger partial charge in [-0.25, -0.2) is 0 Å². The van der Waals surface area contributed by atoms with Crippen LogP contribution in [0.3, 0.4) is 0 Å². The van der Waals surface area contributed by atoms with E-state index in [0.717, 1.165) is 6.42 Å². The van der Waals surface area contributed by atoms with E-state index in [-0.39, 0.29) is 5.41 Å². The van der Waals surface area contributed by atoms with E-state index in [9.17, 15) is 4.79 Å². The van der Waals surface area contributed by atoms with E-state index < -0.39 is 12.0 Å². The van der Waals surface area contributed by atoms with Gasteiger partial charge in [0.15, 0.2) is 6.33 Å². The van der Waals surface area contributed by atoms with Crippen LogP contribution in [-0.4, -0.2) is 33.3 Å². The first-order valence-corrected chi connectivity index (χ1v) is 4.94. The highest BCUT2D eigenvalue weighted by Gasteiger charge is 2.62. The first-order chi connectivity index (χ1) is 7.20. The van der Waals surface area contributed by atoms with Crippen LogP contribution in [0.2, 0.25) is 0 Å². The Morgan fingerprint density at radius 1 is 1.73 bits per heavy atom. The summed E-state index contributed by atoms with van der Waals surface area (Å²) >= 11 is 0. The fourth-order valence-electron chi connectivity index (χ4n) is 2.52. The third-order valence-electron chi connectivity index (χ3n) is 3.41. The van der Waals surface area contributed by atoms with Gasteiger partial charge in [0.05, 0.1) is 0 Å². The highest BCUT2D eigenvalue weighted by molar-refractivity contribution is 5.74. The van der Waals surface area contributed by atoms with Crippen molar-refractivity contribution in [3.63, 3.8) is 0 Å².